The van der Waals surface area contributed by atoms with Gasteiger partial charge in [-0.3, -0.25) is 0 Å². The number of rotatable bonds is 8. The number of nitrogens with one attached hydrogen (secondary N) is 1. The molecule has 0 heterocycles. The predicted octanol–water partition coefficient (Wildman–Crippen LogP) is 3.88. The third kappa shape index (κ3) is 4.90. The molecule has 0 unspecified atom stereocenters. The van der Waals surface area contributed by atoms with Crippen LogP contribution in [-0.2, 0) is 6.61 Å². The summed E-state index contributed by atoms with van der Waals surface area (Å²) in [4.78, 5) is 0. The van der Waals surface area contributed by atoms with Gasteiger partial charge >= 0.3 is 0 Å². The minimum Gasteiger partial charge on any atom is -0.508 e. The standard InChI is InChI=1S/C20H25NO3/c22-18-9-5-6-16(14-18)15-24-20-11-4-3-10-19(20)23-13-12-21-17-7-1-2-8-17/h3-6,9-11,14,17,21-22H,1-2,7-8,12-13,15H2. The third-order valence-electron chi connectivity index (χ3n) is 4.30. The van der Waals surface area contributed by atoms with E-state index < -0.39 is 0 Å². The Morgan fingerprint density at radius 2 is 1.71 bits per heavy atom. The van der Waals surface area contributed by atoms with Crippen LogP contribution in [0.5, 0.6) is 17.2 Å². The highest BCUT2D eigenvalue weighted by Crippen LogP contribution is 2.27. The van der Waals surface area contributed by atoms with Crippen LogP contribution in [0.1, 0.15) is 31.2 Å². The van der Waals surface area contributed by atoms with Gasteiger partial charge in [0.15, 0.2) is 11.5 Å². The lowest BCUT2D eigenvalue weighted by Gasteiger charge is -2.15. The Balaban J connectivity index is 1.48. The molecule has 0 saturated heterocycles. The SMILES string of the molecule is Oc1cccc(COc2ccccc2OCCNC2CCCC2)c1. The first-order valence-corrected chi connectivity index (χ1v) is 8.67. The number of phenolic OH excluding ortho intramolecular Hbond substituents is 1. The topological polar surface area (TPSA) is 50.7 Å². The third-order valence-corrected chi connectivity index (χ3v) is 4.30. The van der Waals surface area contributed by atoms with E-state index in [1.807, 2.05) is 36.4 Å². The van der Waals surface area contributed by atoms with E-state index in [9.17, 15) is 5.11 Å². The number of para-hydroxylation sites is 2. The fourth-order valence-electron chi connectivity index (χ4n) is 3.05. The molecule has 0 bridgehead atoms. The number of aromatic hydroxyl groups is 1. The average Bonchev–Trinajstić information content (AvgIpc) is 3.11. The number of ether oxygens (including phenoxy) is 2. The van der Waals surface area contributed by atoms with Crippen LogP contribution in [-0.4, -0.2) is 24.3 Å². The van der Waals surface area contributed by atoms with E-state index in [1.165, 1.54) is 25.7 Å². The van der Waals surface area contributed by atoms with Gasteiger partial charge in [0, 0.05) is 12.6 Å². The van der Waals surface area contributed by atoms with E-state index in [1.54, 1.807) is 12.1 Å². The summed E-state index contributed by atoms with van der Waals surface area (Å²) < 4.78 is 11.7. The molecule has 0 aromatic heterocycles. The smallest absolute Gasteiger partial charge is 0.161 e. The van der Waals surface area contributed by atoms with Crippen LogP contribution in [0.4, 0.5) is 0 Å². The second-order valence-electron chi connectivity index (χ2n) is 6.19. The van der Waals surface area contributed by atoms with E-state index in [0.29, 0.717) is 19.3 Å². The first-order chi connectivity index (χ1) is 11.8. The van der Waals surface area contributed by atoms with Crippen molar-refractivity contribution in [2.45, 2.75) is 38.3 Å². The highest BCUT2D eigenvalue weighted by molar-refractivity contribution is 5.39. The summed E-state index contributed by atoms with van der Waals surface area (Å²) in [5.41, 5.74) is 0.924. The van der Waals surface area contributed by atoms with Crippen LogP contribution in [0.25, 0.3) is 0 Å². The molecule has 2 aromatic carbocycles. The van der Waals surface area contributed by atoms with Crippen molar-refractivity contribution >= 4 is 0 Å². The monoisotopic (exact) mass is 327 g/mol. The van der Waals surface area contributed by atoms with Crippen molar-refractivity contribution in [3.05, 3.63) is 54.1 Å². The minimum atomic E-state index is 0.249. The molecule has 0 spiro atoms. The zero-order valence-corrected chi connectivity index (χ0v) is 13.9. The van der Waals surface area contributed by atoms with Gasteiger partial charge in [0.2, 0.25) is 0 Å². The van der Waals surface area contributed by atoms with Crippen molar-refractivity contribution in [1.29, 1.82) is 0 Å². The van der Waals surface area contributed by atoms with Gasteiger partial charge in [-0.25, -0.2) is 0 Å². The Morgan fingerprint density at radius 1 is 0.958 bits per heavy atom. The van der Waals surface area contributed by atoms with Crippen molar-refractivity contribution in [3.8, 4) is 17.2 Å². The Labute approximate surface area is 143 Å². The fraction of sp³-hybridized carbons (Fsp3) is 0.400. The number of hydrogen-bond acceptors (Lipinski definition) is 4. The molecule has 1 saturated carbocycles. The van der Waals surface area contributed by atoms with Crippen molar-refractivity contribution in [2.24, 2.45) is 0 Å². The molecule has 0 radical (unpaired) electrons. The summed E-state index contributed by atoms with van der Waals surface area (Å²) in [6, 6.07) is 15.5. The maximum Gasteiger partial charge on any atom is 0.161 e. The van der Waals surface area contributed by atoms with Gasteiger partial charge < -0.3 is 19.9 Å². The highest BCUT2D eigenvalue weighted by Gasteiger charge is 2.13. The molecular weight excluding hydrogens is 302 g/mol. The molecule has 4 heteroatoms. The molecule has 2 aromatic rings. The van der Waals surface area contributed by atoms with Gasteiger partial charge in [-0.05, 0) is 42.7 Å². The van der Waals surface area contributed by atoms with Gasteiger partial charge in [0.1, 0.15) is 19.0 Å². The fourth-order valence-corrected chi connectivity index (χ4v) is 3.05. The maximum atomic E-state index is 9.51. The molecule has 128 valence electrons. The molecule has 1 fully saturated rings. The first kappa shape index (κ1) is 16.7. The Hall–Kier alpha value is -2.20. The van der Waals surface area contributed by atoms with Crippen molar-refractivity contribution in [3.63, 3.8) is 0 Å². The number of phenols is 1. The van der Waals surface area contributed by atoms with Crippen LogP contribution >= 0.6 is 0 Å². The van der Waals surface area contributed by atoms with Crippen LogP contribution in [0, 0.1) is 0 Å². The van der Waals surface area contributed by atoms with Crippen LogP contribution in [0.3, 0.4) is 0 Å². The molecule has 2 N–H and O–H groups in total. The molecule has 4 nitrogen and oxygen atoms in total. The molecule has 24 heavy (non-hydrogen) atoms. The number of benzene rings is 2. The molecule has 0 amide bonds. The van der Waals surface area contributed by atoms with E-state index in [2.05, 4.69) is 5.32 Å². The van der Waals surface area contributed by atoms with Gasteiger partial charge in [-0.2, -0.15) is 0 Å². The summed E-state index contributed by atoms with van der Waals surface area (Å²) >= 11 is 0. The van der Waals surface area contributed by atoms with Crippen LogP contribution in [0.2, 0.25) is 0 Å². The predicted molar refractivity (Wildman–Crippen MR) is 94.6 cm³/mol. The maximum absolute atomic E-state index is 9.51. The lowest BCUT2D eigenvalue weighted by atomic mass is 10.2. The summed E-state index contributed by atoms with van der Waals surface area (Å²) in [5.74, 6) is 1.73. The Kier molecular flexibility index (Phi) is 5.96. The normalized spacial score (nSPS) is 14.7. The van der Waals surface area contributed by atoms with E-state index in [-0.39, 0.29) is 5.75 Å². The van der Waals surface area contributed by atoms with Crippen molar-refractivity contribution < 1.29 is 14.6 Å². The van der Waals surface area contributed by atoms with Crippen molar-refractivity contribution in [2.75, 3.05) is 13.2 Å². The molecular formula is C20H25NO3. The van der Waals surface area contributed by atoms with Gasteiger partial charge in [0.05, 0.1) is 0 Å². The summed E-state index contributed by atoms with van der Waals surface area (Å²) in [7, 11) is 0. The molecule has 3 rings (SSSR count). The Morgan fingerprint density at radius 3 is 2.46 bits per heavy atom. The van der Waals surface area contributed by atoms with E-state index in [4.69, 9.17) is 9.47 Å². The lowest BCUT2D eigenvalue weighted by molar-refractivity contribution is 0.258. The molecule has 1 aliphatic rings. The van der Waals surface area contributed by atoms with Crippen molar-refractivity contribution in [1.82, 2.24) is 5.32 Å². The quantitative estimate of drug-likeness (QED) is 0.722. The largest absolute Gasteiger partial charge is 0.508 e. The summed E-state index contributed by atoms with van der Waals surface area (Å²) in [6.45, 7) is 1.88. The van der Waals surface area contributed by atoms with Gasteiger partial charge in [-0.1, -0.05) is 37.1 Å². The molecule has 0 atom stereocenters. The Bertz CT molecular complexity index is 638. The molecule has 0 aliphatic heterocycles. The number of hydrogen-bond donors (Lipinski definition) is 2. The van der Waals surface area contributed by atoms with E-state index >= 15 is 0 Å². The van der Waals surface area contributed by atoms with Gasteiger partial charge in [-0.15, -0.1) is 0 Å². The van der Waals surface area contributed by atoms with Gasteiger partial charge in [0.25, 0.3) is 0 Å². The lowest BCUT2D eigenvalue weighted by Crippen LogP contribution is -2.30. The molecule has 1 aliphatic carbocycles. The average molecular weight is 327 g/mol. The van der Waals surface area contributed by atoms with E-state index in [0.717, 1.165) is 23.6 Å². The second kappa shape index (κ2) is 8.60. The zero-order chi connectivity index (χ0) is 16.6. The minimum absolute atomic E-state index is 0.249. The summed E-state index contributed by atoms with van der Waals surface area (Å²) in [5, 5.41) is 13.1. The van der Waals surface area contributed by atoms with Crippen LogP contribution in [0.15, 0.2) is 48.5 Å². The zero-order valence-electron chi connectivity index (χ0n) is 13.9. The first-order valence-electron chi connectivity index (χ1n) is 8.67. The van der Waals surface area contributed by atoms with Crippen LogP contribution < -0.4 is 14.8 Å². The second-order valence-corrected chi connectivity index (χ2v) is 6.19. The highest BCUT2D eigenvalue weighted by atomic mass is 16.5. The summed E-state index contributed by atoms with van der Waals surface area (Å²) in [6.07, 6.45) is 5.24.